The summed E-state index contributed by atoms with van der Waals surface area (Å²) in [4.78, 5) is 14.2. The summed E-state index contributed by atoms with van der Waals surface area (Å²) in [5.74, 6) is 0. The van der Waals surface area contributed by atoms with E-state index in [4.69, 9.17) is 9.47 Å². The Bertz CT molecular complexity index is 780. The molecule has 0 radical (unpaired) electrons. The summed E-state index contributed by atoms with van der Waals surface area (Å²) in [6, 6.07) is 7.11. The summed E-state index contributed by atoms with van der Waals surface area (Å²) in [6.45, 7) is 2.83. The number of urea groups is 1. The molecule has 2 amide bonds. The number of benzene rings is 1. The Morgan fingerprint density at radius 2 is 2.14 bits per heavy atom. The Kier molecular flexibility index (Phi) is 7.88. The highest BCUT2D eigenvalue weighted by molar-refractivity contribution is 7.88. The number of piperidine rings is 1. The Labute approximate surface area is 173 Å². The van der Waals surface area contributed by atoms with E-state index in [0.29, 0.717) is 32.0 Å². The van der Waals surface area contributed by atoms with Crippen molar-refractivity contribution >= 4 is 21.7 Å². The van der Waals surface area contributed by atoms with Crippen LogP contribution in [0.5, 0.6) is 0 Å². The predicted octanol–water partition coefficient (Wildman–Crippen LogP) is 2.32. The lowest BCUT2D eigenvalue weighted by Crippen LogP contribution is -2.50. The second-order valence-electron chi connectivity index (χ2n) is 7.81. The zero-order valence-electron chi connectivity index (χ0n) is 16.9. The molecule has 0 aliphatic carbocycles. The van der Waals surface area contributed by atoms with Crippen molar-refractivity contribution in [3.63, 3.8) is 0 Å². The largest absolute Gasteiger partial charge is 0.376 e. The van der Waals surface area contributed by atoms with Gasteiger partial charge >= 0.3 is 6.03 Å². The average Bonchev–Trinajstić information content (AvgIpc) is 2.68. The van der Waals surface area contributed by atoms with Gasteiger partial charge in [0.2, 0.25) is 10.0 Å². The van der Waals surface area contributed by atoms with Gasteiger partial charge in [0.15, 0.2) is 0 Å². The van der Waals surface area contributed by atoms with E-state index in [2.05, 4.69) is 10.0 Å². The van der Waals surface area contributed by atoms with Crippen molar-refractivity contribution in [2.75, 3.05) is 37.9 Å². The molecule has 0 bridgehead atoms. The number of carbonyl (C=O) groups excluding carboxylic acids is 1. The number of anilines is 1. The van der Waals surface area contributed by atoms with Gasteiger partial charge in [0.25, 0.3) is 0 Å². The smallest absolute Gasteiger partial charge is 0.321 e. The van der Waals surface area contributed by atoms with Gasteiger partial charge in [-0.3, -0.25) is 0 Å². The minimum absolute atomic E-state index is 0.180. The number of carbonyl (C=O) groups is 1. The second kappa shape index (κ2) is 10.4. The van der Waals surface area contributed by atoms with Crippen molar-refractivity contribution in [3.05, 3.63) is 29.8 Å². The topological polar surface area (TPSA) is 97.0 Å². The summed E-state index contributed by atoms with van der Waals surface area (Å²) in [6.07, 6.45) is 6.17. The van der Waals surface area contributed by atoms with Gasteiger partial charge in [0.1, 0.15) is 0 Å². The van der Waals surface area contributed by atoms with Gasteiger partial charge in [-0.05, 0) is 49.8 Å². The van der Waals surface area contributed by atoms with Gasteiger partial charge in [-0.25, -0.2) is 17.9 Å². The summed E-state index contributed by atoms with van der Waals surface area (Å²) in [5.41, 5.74) is 1.68. The van der Waals surface area contributed by atoms with Gasteiger partial charge < -0.3 is 19.7 Å². The van der Waals surface area contributed by atoms with Crippen molar-refractivity contribution in [2.24, 2.45) is 0 Å². The molecular weight excluding hydrogens is 394 g/mol. The van der Waals surface area contributed by atoms with Crippen LogP contribution in [0.4, 0.5) is 10.5 Å². The number of amides is 2. The van der Waals surface area contributed by atoms with Crippen LogP contribution in [0.2, 0.25) is 0 Å². The summed E-state index contributed by atoms with van der Waals surface area (Å²) in [5, 5.41) is 2.90. The molecule has 2 N–H and O–H groups in total. The first-order valence-corrected chi connectivity index (χ1v) is 12.1. The summed E-state index contributed by atoms with van der Waals surface area (Å²) < 4.78 is 36.9. The van der Waals surface area contributed by atoms with E-state index in [1.165, 1.54) is 6.42 Å². The van der Waals surface area contributed by atoms with Gasteiger partial charge in [0.05, 0.1) is 25.6 Å². The highest BCUT2D eigenvalue weighted by atomic mass is 32.2. The number of sulfonamides is 1. The molecular formula is C20H31N3O5S. The van der Waals surface area contributed by atoms with Crippen LogP contribution in [0.25, 0.3) is 0 Å². The highest BCUT2D eigenvalue weighted by Crippen LogP contribution is 2.17. The lowest BCUT2D eigenvalue weighted by molar-refractivity contribution is -0.0447. The van der Waals surface area contributed by atoms with E-state index < -0.39 is 10.0 Å². The number of hydrogen-bond acceptors (Lipinski definition) is 5. The monoisotopic (exact) mass is 425 g/mol. The van der Waals surface area contributed by atoms with Crippen LogP contribution in [0.1, 0.15) is 37.7 Å². The maximum atomic E-state index is 12.6. The molecule has 2 unspecified atom stereocenters. The first-order chi connectivity index (χ1) is 13.9. The zero-order chi connectivity index (χ0) is 20.7. The fourth-order valence-electron chi connectivity index (χ4n) is 3.75. The van der Waals surface area contributed by atoms with E-state index >= 15 is 0 Å². The van der Waals surface area contributed by atoms with Crippen molar-refractivity contribution in [2.45, 2.75) is 50.9 Å². The van der Waals surface area contributed by atoms with Gasteiger partial charge in [0, 0.05) is 31.4 Å². The molecule has 0 spiro atoms. The molecule has 9 heteroatoms. The molecule has 29 heavy (non-hydrogen) atoms. The van der Waals surface area contributed by atoms with E-state index in [1.54, 1.807) is 4.90 Å². The Hall–Kier alpha value is -1.68. The molecule has 1 aromatic rings. The standard InChI is InChI=1S/C20H31N3O5S/c1-29(25,26)22-18-8-5-10-23(13-18)20(24)21-17-7-4-6-16(12-17)14-27-15-19-9-2-3-11-28-19/h4,6-7,12,18-19,22H,2-3,5,8-11,13-15H2,1H3,(H,21,24). The number of hydrogen-bond donors (Lipinski definition) is 2. The van der Waals surface area contributed by atoms with Crippen LogP contribution in [0, 0.1) is 0 Å². The number of ether oxygens (including phenoxy) is 2. The molecule has 2 aliphatic heterocycles. The van der Waals surface area contributed by atoms with Crippen molar-refractivity contribution < 1.29 is 22.7 Å². The number of nitrogens with zero attached hydrogens (tertiary/aromatic N) is 1. The number of likely N-dealkylation sites (tertiary alicyclic amines) is 1. The minimum Gasteiger partial charge on any atom is -0.376 e. The molecule has 0 aromatic heterocycles. The molecule has 3 rings (SSSR count). The Morgan fingerprint density at radius 3 is 2.90 bits per heavy atom. The molecule has 162 valence electrons. The first kappa shape index (κ1) is 22.0. The number of nitrogens with one attached hydrogen (secondary N) is 2. The lowest BCUT2D eigenvalue weighted by atomic mass is 10.1. The molecule has 2 heterocycles. The summed E-state index contributed by atoms with van der Waals surface area (Å²) in [7, 11) is -3.29. The van der Waals surface area contributed by atoms with Gasteiger partial charge in [-0.2, -0.15) is 0 Å². The second-order valence-corrected chi connectivity index (χ2v) is 9.59. The van der Waals surface area contributed by atoms with E-state index in [9.17, 15) is 13.2 Å². The quantitative estimate of drug-likeness (QED) is 0.699. The Morgan fingerprint density at radius 1 is 1.28 bits per heavy atom. The SMILES string of the molecule is CS(=O)(=O)NC1CCCN(C(=O)Nc2cccc(COCC3CCCCO3)c2)C1. The van der Waals surface area contributed by atoms with Crippen LogP contribution in [0.3, 0.4) is 0 Å². The van der Waals surface area contributed by atoms with Crippen molar-refractivity contribution in [1.82, 2.24) is 9.62 Å². The molecule has 1 aromatic carbocycles. The van der Waals surface area contributed by atoms with Crippen molar-refractivity contribution in [1.29, 1.82) is 0 Å². The van der Waals surface area contributed by atoms with E-state index in [0.717, 1.165) is 44.1 Å². The van der Waals surface area contributed by atoms with Crippen LogP contribution >= 0.6 is 0 Å². The summed E-state index contributed by atoms with van der Waals surface area (Å²) >= 11 is 0. The van der Waals surface area contributed by atoms with Gasteiger partial charge in [-0.15, -0.1) is 0 Å². The van der Waals surface area contributed by atoms with Crippen LogP contribution in [0.15, 0.2) is 24.3 Å². The maximum Gasteiger partial charge on any atom is 0.321 e. The number of rotatable bonds is 7. The zero-order valence-corrected chi connectivity index (χ0v) is 17.7. The average molecular weight is 426 g/mol. The third-order valence-corrected chi connectivity index (χ3v) is 5.88. The highest BCUT2D eigenvalue weighted by Gasteiger charge is 2.25. The molecule has 2 atom stereocenters. The maximum absolute atomic E-state index is 12.6. The van der Waals surface area contributed by atoms with Crippen LogP contribution < -0.4 is 10.0 Å². The van der Waals surface area contributed by atoms with E-state index in [1.807, 2.05) is 24.3 Å². The minimum atomic E-state index is -3.29. The molecule has 2 aliphatic rings. The molecule has 8 nitrogen and oxygen atoms in total. The third-order valence-electron chi connectivity index (χ3n) is 5.11. The van der Waals surface area contributed by atoms with Gasteiger partial charge in [-0.1, -0.05) is 12.1 Å². The lowest BCUT2D eigenvalue weighted by Gasteiger charge is -2.32. The Balaban J connectivity index is 1.48. The molecule has 2 fully saturated rings. The first-order valence-electron chi connectivity index (χ1n) is 10.2. The van der Waals surface area contributed by atoms with Crippen LogP contribution in [-0.2, 0) is 26.1 Å². The van der Waals surface area contributed by atoms with Crippen LogP contribution in [-0.4, -0.2) is 64.1 Å². The normalized spacial score (nSPS) is 23.0. The molecule has 2 saturated heterocycles. The van der Waals surface area contributed by atoms with Crippen molar-refractivity contribution in [3.8, 4) is 0 Å². The molecule has 0 saturated carbocycles. The fourth-order valence-corrected chi connectivity index (χ4v) is 4.55. The predicted molar refractivity (Wildman–Crippen MR) is 111 cm³/mol. The fraction of sp³-hybridized carbons (Fsp3) is 0.650. The van der Waals surface area contributed by atoms with E-state index in [-0.39, 0.29) is 18.2 Å². The third kappa shape index (κ3) is 7.58.